The van der Waals surface area contributed by atoms with Crippen molar-refractivity contribution in [1.82, 2.24) is 0 Å². The third kappa shape index (κ3) is 2.47. The summed E-state index contributed by atoms with van der Waals surface area (Å²) < 4.78 is 10.4. The molecule has 0 spiro atoms. The molecule has 1 aromatic carbocycles. The standard InChI is InChI=1S/C12H15ClO3/c1-8-9(5-4-6-14)7-10(15-2)12(16-3)11(8)13/h6-7H,4-5H2,1-3H3. The fraction of sp³-hybridized carbons (Fsp3) is 0.417. The number of halogens is 1. The first-order chi connectivity index (χ1) is 7.65. The third-order valence-electron chi connectivity index (χ3n) is 2.49. The summed E-state index contributed by atoms with van der Waals surface area (Å²) in [7, 11) is 3.11. The molecular weight excluding hydrogens is 228 g/mol. The Hall–Kier alpha value is -1.22. The number of aldehydes is 1. The summed E-state index contributed by atoms with van der Waals surface area (Å²) in [5.41, 5.74) is 1.94. The summed E-state index contributed by atoms with van der Waals surface area (Å²) >= 11 is 6.17. The van der Waals surface area contributed by atoms with E-state index < -0.39 is 0 Å². The van der Waals surface area contributed by atoms with Crippen LogP contribution in [-0.2, 0) is 11.2 Å². The van der Waals surface area contributed by atoms with Gasteiger partial charge in [0.25, 0.3) is 0 Å². The van der Waals surface area contributed by atoms with Crippen LogP contribution in [0.1, 0.15) is 17.5 Å². The molecule has 0 N–H and O–H groups in total. The van der Waals surface area contributed by atoms with Gasteiger partial charge in [-0.2, -0.15) is 0 Å². The van der Waals surface area contributed by atoms with Crippen molar-refractivity contribution < 1.29 is 14.3 Å². The molecule has 0 saturated heterocycles. The van der Waals surface area contributed by atoms with Gasteiger partial charge in [0, 0.05) is 6.42 Å². The van der Waals surface area contributed by atoms with Crippen LogP contribution in [0.3, 0.4) is 0 Å². The van der Waals surface area contributed by atoms with Crippen molar-refractivity contribution in [3.05, 3.63) is 22.2 Å². The van der Waals surface area contributed by atoms with Gasteiger partial charge < -0.3 is 14.3 Å². The summed E-state index contributed by atoms with van der Waals surface area (Å²) in [6.45, 7) is 1.91. The van der Waals surface area contributed by atoms with E-state index in [1.807, 2.05) is 13.0 Å². The molecule has 3 nitrogen and oxygen atoms in total. The number of aryl methyl sites for hydroxylation is 1. The molecule has 0 atom stereocenters. The van der Waals surface area contributed by atoms with Crippen molar-refractivity contribution >= 4 is 17.9 Å². The number of ether oxygens (including phenoxy) is 2. The molecule has 16 heavy (non-hydrogen) atoms. The van der Waals surface area contributed by atoms with Gasteiger partial charge in [-0.15, -0.1) is 0 Å². The molecule has 0 heterocycles. The quantitative estimate of drug-likeness (QED) is 0.745. The van der Waals surface area contributed by atoms with Crippen LogP contribution < -0.4 is 9.47 Å². The molecule has 0 aromatic heterocycles. The van der Waals surface area contributed by atoms with Crippen LogP contribution in [0.15, 0.2) is 6.07 Å². The highest BCUT2D eigenvalue weighted by Gasteiger charge is 2.14. The summed E-state index contributed by atoms with van der Waals surface area (Å²) in [5.74, 6) is 1.13. The van der Waals surface area contributed by atoms with E-state index in [0.717, 1.165) is 17.4 Å². The maximum Gasteiger partial charge on any atom is 0.179 e. The highest BCUT2D eigenvalue weighted by atomic mass is 35.5. The predicted molar refractivity (Wildman–Crippen MR) is 63.7 cm³/mol. The maximum absolute atomic E-state index is 10.4. The van der Waals surface area contributed by atoms with Gasteiger partial charge in [-0.3, -0.25) is 0 Å². The molecule has 1 aromatic rings. The first kappa shape index (κ1) is 12.8. The highest BCUT2D eigenvalue weighted by molar-refractivity contribution is 6.33. The fourth-order valence-corrected chi connectivity index (χ4v) is 1.86. The second-order valence-corrected chi connectivity index (χ2v) is 3.79. The van der Waals surface area contributed by atoms with Crippen molar-refractivity contribution in [2.24, 2.45) is 0 Å². The molecule has 0 unspecified atom stereocenters. The van der Waals surface area contributed by atoms with Crippen LogP contribution in [0, 0.1) is 6.92 Å². The Morgan fingerprint density at radius 1 is 1.38 bits per heavy atom. The second-order valence-electron chi connectivity index (χ2n) is 3.42. The van der Waals surface area contributed by atoms with E-state index in [2.05, 4.69) is 0 Å². The average molecular weight is 243 g/mol. The first-order valence-electron chi connectivity index (χ1n) is 4.99. The van der Waals surface area contributed by atoms with Gasteiger partial charge in [0.05, 0.1) is 19.2 Å². The van der Waals surface area contributed by atoms with Crippen molar-refractivity contribution in [3.8, 4) is 11.5 Å². The number of carbonyl (C=O) groups excluding carboxylic acids is 1. The lowest BCUT2D eigenvalue weighted by Gasteiger charge is -2.14. The van der Waals surface area contributed by atoms with Crippen LogP contribution >= 0.6 is 11.6 Å². The van der Waals surface area contributed by atoms with Crippen molar-refractivity contribution in [2.75, 3.05) is 14.2 Å². The van der Waals surface area contributed by atoms with E-state index in [-0.39, 0.29) is 0 Å². The minimum atomic E-state index is 0.479. The second kappa shape index (κ2) is 5.75. The fourth-order valence-electron chi connectivity index (χ4n) is 1.57. The zero-order valence-corrected chi connectivity index (χ0v) is 10.4. The predicted octanol–water partition coefficient (Wildman–Crippen LogP) is 2.80. The van der Waals surface area contributed by atoms with Crippen molar-refractivity contribution in [3.63, 3.8) is 0 Å². The minimum Gasteiger partial charge on any atom is -0.493 e. The molecule has 1 rings (SSSR count). The smallest absolute Gasteiger partial charge is 0.179 e. The van der Waals surface area contributed by atoms with Crippen LogP contribution in [0.2, 0.25) is 5.02 Å². The van der Waals surface area contributed by atoms with E-state index in [0.29, 0.717) is 29.4 Å². The molecule has 0 aliphatic carbocycles. The van der Waals surface area contributed by atoms with Crippen molar-refractivity contribution in [2.45, 2.75) is 19.8 Å². The Morgan fingerprint density at radius 3 is 2.56 bits per heavy atom. The molecule has 0 aliphatic heterocycles. The van der Waals surface area contributed by atoms with E-state index in [4.69, 9.17) is 21.1 Å². The Balaban J connectivity index is 3.21. The first-order valence-corrected chi connectivity index (χ1v) is 5.37. The van der Waals surface area contributed by atoms with E-state index >= 15 is 0 Å². The summed E-state index contributed by atoms with van der Waals surface area (Å²) in [4.78, 5) is 10.4. The number of rotatable bonds is 5. The Morgan fingerprint density at radius 2 is 2.06 bits per heavy atom. The molecule has 0 aliphatic rings. The van der Waals surface area contributed by atoms with E-state index in [1.165, 1.54) is 0 Å². The summed E-state index contributed by atoms with van der Waals surface area (Å²) in [6.07, 6.45) is 2.03. The van der Waals surface area contributed by atoms with Crippen LogP contribution in [-0.4, -0.2) is 20.5 Å². The highest BCUT2D eigenvalue weighted by Crippen LogP contribution is 2.39. The normalized spacial score (nSPS) is 10.0. The molecular formula is C12H15ClO3. The summed E-state index contributed by atoms with van der Waals surface area (Å²) in [6, 6.07) is 1.86. The van der Waals surface area contributed by atoms with Gasteiger partial charge in [-0.25, -0.2) is 0 Å². The van der Waals surface area contributed by atoms with Gasteiger partial charge in [0.15, 0.2) is 11.5 Å². The largest absolute Gasteiger partial charge is 0.493 e. The Kier molecular flexibility index (Phi) is 4.62. The lowest BCUT2D eigenvalue weighted by molar-refractivity contribution is -0.107. The molecule has 0 radical (unpaired) electrons. The van der Waals surface area contributed by atoms with Crippen LogP contribution in [0.4, 0.5) is 0 Å². The summed E-state index contributed by atoms with van der Waals surface area (Å²) in [5, 5.41) is 0.544. The average Bonchev–Trinajstić information content (AvgIpc) is 2.30. The van der Waals surface area contributed by atoms with Gasteiger partial charge in [0.2, 0.25) is 0 Å². The van der Waals surface area contributed by atoms with Crippen LogP contribution in [0.5, 0.6) is 11.5 Å². The molecule has 4 heteroatoms. The monoisotopic (exact) mass is 242 g/mol. The van der Waals surface area contributed by atoms with E-state index in [9.17, 15) is 4.79 Å². The lowest BCUT2D eigenvalue weighted by Crippen LogP contribution is -1.98. The Labute approximate surface area is 100 Å². The maximum atomic E-state index is 10.4. The minimum absolute atomic E-state index is 0.479. The Bertz CT molecular complexity index is 388. The lowest BCUT2D eigenvalue weighted by atomic mass is 10.0. The van der Waals surface area contributed by atoms with Gasteiger partial charge in [-0.05, 0) is 30.5 Å². The molecule has 0 saturated carbocycles. The van der Waals surface area contributed by atoms with Gasteiger partial charge in [0.1, 0.15) is 6.29 Å². The zero-order chi connectivity index (χ0) is 12.1. The molecule has 88 valence electrons. The molecule has 0 fully saturated rings. The van der Waals surface area contributed by atoms with Gasteiger partial charge in [-0.1, -0.05) is 11.6 Å². The molecule has 0 bridgehead atoms. The number of carbonyl (C=O) groups is 1. The van der Waals surface area contributed by atoms with E-state index in [1.54, 1.807) is 14.2 Å². The number of benzene rings is 1. The van der Waals surface area contributed by atoms with Gasteiger partial charge >= 0.3 is 0 Å². The van der Waals surface area contributed by atoms with Crippen molar-refractivity contribution in [1.29, 1.82) is 0 Å². The van der Waals surface area contributed by atoms with Crippen LogP contribution in [0.25, 0.3) is 0 Å². The number of methoxy groups -OCH3 is 2. The number of hydrogen-bond acceptors (Lipinski definition) is 3. The SMILES string of the molecule is COc1cc(CCC=O)c(C)c(Cl)c1OC. The molecule has 0 amide bonds. The zero-order valence-electron chi connectivity index (χ0n) is 9.67. The topological polar surface area (TPSA) is 35.5 Å². The third-order valence-corrected chi connectivity index (χ3v) is 2.95. The number of hydrogen-bond donors (Lipinski definition) is 0.